The predicted octanol–water partition coefficient (Wildman–Crippen LogP) is 4.04. The summed E-state index contributed by atoms with van der Waals surface area (Å²) in [6.07, 6.45) is 1.00. The van der Waals surface area contributed by atoms with E-state index < -0.39 is 11.0 Å². The van der Waals surface area contributed by atoms with Gasteiger partial charge in [-0.15, -0.1) is 0 Å². The Morgan fingerprint density at radius 3 is 2.59 bits per heavy atom. The maximum absolute atomic E-state index is 13.2. The summed E-state index contributed by atoms with van der Waals surface area (Å²) in [4.78, 5) is 24.6. The van der Waals surface area contributed by atoms with Gasteiger partial charge in [-0.25, -0.2) is 0 Å². The van der Waals surface area contributed by atoms with Crippen LogP contribution in [0.25, 0.3) is 0 Å². The number of nitrogens with zero attached hydrogens (tertiary/aromatic N) is 5. The van der Waals surface area contributed by atoms with E-state index in [1.54, 1.807) is 37.4 Å². The first-order valence-electron chi connectivity index (χ1n) is 10.7. The molecule has 2 aliphatic rings. The molecular formula is C23H22N6O5. The number of allylic oxidation sites excluding steroid dienone is 2. The van der Waals surface area contributed by atoms with Gasteiger partial charge in [0.2, 0.25) is 11.7 Å². The molecule has 2 heterocycles. The number of anilines is 1. The summed E-state index contributed by atoms with van der Waals surface area (Å²) in [5.74, 6) is 1.50. The van der Waals surface area contributed by atoms with Gasteiger partial charge in [0.1, 0.15) is 17.5 Å². The number of nitro groups is 1. The number of nitrogens with one attached hydrogen (secondary N) is 1. The molecule has 1 aliphatic carbocycles. The fourth-order valence-corrected chi connectivity index (χ4v) is 4.48. The maximum Gasteiger partial charge on any atom is 0.311 e. The minimum Gasteiger partial charge on any atom is -0.497 e. The van der Waals surface area contributed by atoms with E-state index in [9.17, 15) is 14.9 Å². The Kier molecular flexibility index (Phi) is 5.03. The normalized spacial score (nSPS) is 18.6. The Morgan fingerprint density at radius 1 is 1.15 bits per heavy atom. The van der Waals surface area contributed by atoms with Crippen molar-refractivity contribution in [1.29, 1.82) is 0 Å². The minimum atomic E-state index is -0.682. The van der Waals surface area contributed by atoms with Crippen molar-refractivity contribution in [2.75, 3.05) is 12.4 Å². The summed E-state index contributed by atoms with van der Waals surface area (Å²) in [6, 6.07) is 10.7. The highest BCUT2D eigenvalue weighted by atomic mass is 16.6. The van der Waals surface area contributed by atoms with Gasteiger partial charge in [0, 0.05) is 23.8 Å². The quantitative estimate of drug-likeness (QED) is 0.440. The van der Waals surface area contributed by atoms with Crippen LogP contribution in [-0.4, -0.2) is 38.0 Å². The van der Waals surface area contributed by atoms with Crippen LogP contribution in [0.4, 0.5) is 11.6 Å². The van der Waals surface area contributed by atoms with E-state index in [2.05, 4.69) is 20.8 Å². The van der Waals surface area contributed by atoms with Crippen molar-refractivity contribution in [3.63, 3.8) is 0 Å². The van der Waals surface area contributed by atoms with Gasteiger partial charge < -0.3 is 14.8 Å². The second kappa shape index (κ2) is 7.94. The number of hydrogen-bond donors (Lipinski definition) is 1. The van der Waals surface area contributed by atoms with Gasteiger partial charge in [-0.2, -0.15) is 4.68 Å². The third-order valence-electron chi connectivity index (χ3n) is 5.98. The number of Topliss-reactive ketones (excluding diaryl/α,β-unsaturated/α-hetero) is 1. The second-order valence-corrected chi connectivity index (χ2v) is 9.07. The first-order chi connectivity index (χ1) is 16.3. The Hall–Kier alpha value is -4.28. The maximum atomic E-state index is 13.2. The molecule has 0 bridgehead atoms. The summed E-state index contributed by atoms with van der Waals surface area (Å²) >= 11 is 0. The molecule has 0 amide bonds. The molecule has 3 aromatic rings. The van der Waals surface area contributed by atoms with Crippen LogP contribution in [0.15, 0.2) is 53.7 Å². The van der Waals surface area contributed by atoms with Gasteiger partial charge >= 0.3 is 5.69 Å². The zero-order valence-electron chi connectivity index (χ0n) is 18.8. The van der Waals surface area contributed by atoms with Gasteiger partial charge in [0.25, 0.3) is 0 Å². The molecule has 0 fully saturated rings. The van der Waals surface area contributed by atoms with E-state index in [4.69, 9.17) is 9.47 Å². The molecule has 0 radical (unpaired) electrons. The number of nitro benzene ring substituents is 1. The summed E-state index contributed by atoms with van der Waals surface area (Å²) in [5.41, 5.74) is 1.34. The molecule has 174 valence electrons. The van der Waals surface area contributed by atoms with Crippen molar-refractivity contribution in [2.45, 2.75) is 32.7 Å². The number of carbonyl (C=O) groups is 1. The van der Waals surface area contributed by atoms with Gasteiger partial charge in [-0.1, -0.05) is 25.0 Å². The number of ketones is 1. The molecule has 11 heteroatoms. The summed E-state index contributed by atoms with van der Waals surface area (Å²) in [7, 11) is 1.55. The zero-order valence-corrected chi connectivity index (χ0v) is 18.8. The smallest absolute Gasteiger partial charge is 0.311 e. The highest BCUT2D eigenvalue weighted by Gasteiger charge is 2.42. The average molecular weight is 462 g/mol. The fraction of sp³-hybridized carbons (Fsp3) is 0.304. The van der Waals surface area contributed by atoms with E-state index in [0.29, 0.717) is 41.4 Å². The summed E-state index contributed by atoms with van der Waals surface area (Å²) in [6.45, 7) is 4.05. The molecule has 1 atom stereocenters. The van der Waals surface area contributed by atoms with Crippen LogP contribution in [0.2, 0.25) is 0 Å². The Labute approximate surface area is 194 Å². The third-order valence-corrected chi connectivity index (χ3v) is 5.98. The van der Waals surface area contributed by atoms with E-state index >= 15 is 0 Å². The number of benzene rings is 2. The number of carbonyl (C=O) groups excluding carboxylic acids is 1. The van der Waals surface area contributed by atoms with E-state index in [1.807, 2.05) is 13.8 Å². The first-order valence-corrected chi connectivity index (χ1v) is 10.7. The molecule has 0 unspecified atom stereocenters. The standard InChI is InChI=1S/C23H22N6O5/c1-23(2)11-16-20(18(30)12-23)21(28-22(24-16)25-26-27-28)13-4-9-19(17(10-13)29(31)32)34-15-7-5-14(33-3)6-8-15/h4-10,21H,11-12H2,1-3H3,(H,24,25,27)/t21-/m1/s1. The van der Waals surface area contributed by atoms with Crippen molar-refractivity contribution in [3.8, 4) is 17.2 Å². The number of hydrogen-bond acceptors (Lipinski definition) is 9. The topological polar surface area (TPSA) is 134 Å². The van der Waals surface area contributed by atoms with Gasteiger partial charge in [0.05, 0.1) is 12.0 Å². The van der Waals surface area contributed by atoms with E-state index in [-0.39, 0.29) is 22.6 Å². The molecule has 2 aromatic carbocycles. The largest absolute Gasteiger partial charge is 0.497 e. The Balaban J connectivity index is 1.57. The predicted molar refractivity (Wildman–Crippen MR) is 121 cm³/mol. The number of ether oxygens (including phenoxy) is 2. The van der Waals surface area contributed by atoms with Crippen molar-refractivity contribution >= 4 is 17.4 Å². The highest BCUT2D eigenvalue weighted by Crippen LogP contribution is 2.46. The van der Waals surface area contributed by atoms with Crippen molar-refractivity contribution in [2.24, 2.45) is 5.41 Å². The summed E-state index contributed by atoms with van der Waals surface area (Å²) in [5, 5.41) is 26.9. The number of rotatable bonds is 5. The molecule has 0 spiro atoms. The lowest BCUT2D eigenvalue weighted by molar-refractivity contribution is -0.385. The monoisotopic (exact) mass is 462 g/mol. The molecule has 11 nitrogen and oxygen atoms in total. The minimum absolute atomic E-state index is 0.0360. The number of fused-ring (bicyclic) bond motifs is 1. The van der Waals surface area contributed by atoms with Crippen molar-refractivity contribution in [1.82, 2.24) is 20.2 Å². The molecule has 0 saturated heterocycles. The van der Waals surface area contributed by atoms with Gasteiger partial charge in [-0.05, 0) is 58.2 Å². The van der Waals surface area contributed by atoms with E-state index in [1.165, 1.54) is 16.8 Å². The molecule has 0 saturated carbocycles. The molecular weight excluding hydrogens is 440 g/mol. The van der Waals surface area contributed by atoms with E-state index in [0.717, 1.165) is 5.70 Å². The number of methoxy groups -OCH3 is 1. The third kappa shape index (κ3) is 3.74. The van der Waals surface area contributed by atoms with Crippen molar-refractivity contribution < 1.29 is 19.2 Å². The zero-order chi connectivity index (χ0) is 24.0. The van der Waals surface area contributed by atoms with Crippen LogP contribution in [0.1, 0.15) is 38.3 Å². The highest BCUT2D eigenvalue weighted by molar-refractivity contribution is 6.00. The molecule has 1 N–H and O–H groups in total. The SMILES string of the molecule is COc1ccc(Oc2ccc([C@@H]3C4=C(CC(C)(C)CC4=O)Nc4nnnn43)cc2[N+](=O)[O-])cc1. The van der Waals surface area contributed by atoms with Crippen LogP contribution >= 0.6 is 0 Å². The molecule has 1 aliphatic heterocycles. The molecule has 5 rings (SSSR count). The van der Waals surface area contributed by atoms with Crippen LogP contribution in [-0.2, 0) is 4.79 Å². The van der Waals surface area contributed by atoms with Crippen LogP contribution in [0, 0.1) is 15.5 Å². The van der Waals surface area contributed by atoms with Gasteiger partial charge in [0.15, 0.2) is 5.78 Å². The number of tetrazole rings is 1. The van der Waals surface area contributed by atoms with Gasteiger partial charge in [-0.3, -0.25) is 14.9 Å². The average Bonchev–Trinajstić information content (AvgIpc) is 3.25. The van der Waals surface area contributed by atoms with Crippen LogP contribution < -0.4 is 14.8 Å². The van der Waals surface area contributed by atoms with Crippen LogP contribution in [0.3, 0.4) is 0 Å². The fourth-order valence-electron chi connectivity index (χ4n) is 4.48. The molecule has 34 heavy (non-hydrogen) atoms. The number of aromatic nitrogens is 4. The van der Waals surface area contributed by atoms with Crippen molar-refractivity contribution in [3.05, 3.63) is 69.4 Å². The second-order valence-electron chi connectivity index (χ2n) is 9.07. The lowest BCUT2D eigenvalue weighted by Crippen LogP contribution is -2.36. The Morgan fingerprint density at radius 2 is 1.88 bits per heavy atom. The Bertz CT molecular complexity index is 1330. The van der Waals surface area contributed by atoms with Crippen LogP contribution in [0.5, 0.6) is 17.2 Å². The molecule has 1 aromatic heterocycles. The first kappa shape index (κ1) is 21.6. The lowest BCUT2D eigenvalue weighted by Gasteiger charge is -2.37. The lowest BCUT2D eigenvalue weighted by atomic mass is 9.73. The summed E-state index contributed by atoms with van der Waals surface area (Å²) < 4.78 is 12.4.